The molecule has 26 heavy (non-hydrogen) atoms. The van der Waals surface area contributed by atoms with Crippen LogP contribution in [0.25, 0.3) is 0 Å². The van der Waals surface area contributed by atoms with Gasteiger partial charge in [0.05, 0.1) is 0 Å². The first-order chi connectivity index (χ1) is 12.7. The van der Waals surface area contributed by atoms with E-state index >= 15 is 0 Å². The molecule has 0 saturated carbocycles. The van der Waals surface area contributed by atoms with E-state index in [0.717, 1.165) is 50.8 Å². The van der Waals surface area contributed by atoms with Crippen molar-refractivity contribution in [2.45, 2.75) is 19.8 Å². The number of para-hydroxylation sites is 1. The second kappa shape index (κ2) is 7.66. The highest BCUT2D eigenvalue weighted by molar-refractivity contribution is 7.13. The van der Waals surface area contributed by atoms with Crippen molar-refractivity contribution in [3.8, 4) is 0 Å². The highest BCUT2D eigenvalue weighted by Crippen LogP contribution is 2.25. The number of rotatable bonds is 3. The quantitative estimate of drug-likeness (QED) is 0.831. The van der Waals surface area contributed by atoms with Gasteiger partial charge in [-0.25, -0.2) is 4.98 Å². The Hall–Kier alpha value is -2.08. The average molecular weight is 371 g/mol. The SMILES string of the molecule is C[C@H]1CCCN(C(=O)c2csc(N3CCN(c4ccccc4)CC3)n2)C1. The van der Waals surface area contributed by atoms with Crippen LogP contribution in [0.4, 0.5) is 10.8 Å². The number of piperazine rings is 1. The number of anilines is 2. The summed E-state index contributed by atoms with van der Waals surface area (Å²) >= 11 is 1.60. The summed E-state index contributed by atoms with van der Waals surface area (Å²) in [4.78, 5) is 24.1. The lowest BCUT2D eigenvalue weighted by atomic mass is 10.0. The molecular formula is C20H26N4OS. The maximum Gasteiger partial charge on any atom is 0.273 e. The molecule has 0 spiro atoms. The Morgan fingerprint density at radius 1 is 1.08 bits per heavy atom. The third-order valence-electron chi connectivity index (χ3n) is 5.33. The molecule has 5 nitrogen and oxygen atoms in total. The second-order valence-electron chi connectivity index (χ2n) is 7.32. The lowest BCUT2D eigenvalue weighted by Crippen LogP contribution is -2.46. The summed E-state index contributed by atoms with van der Waals surface area (Å²) in [6.45, 7) is 7.80. The Balaban J connectivity index is 1.37. The molecule has 0 bridgehead atoms. The number of hydrogen-bond acceptors (Lipinski definition) is 5. The van der Waals surface area contributed by atoms with E-state index in [-0.39, 0.29) is 5.91 Å². The molecule has 3 heterocycles. The number of thiazole rings is 1. The molecule has 1 amide bonds. The number of benzene rings is 1. The van der Waals surface area contributed by atoms with E-state index in [9.17, 15) is 4.79 Å². The van der Waals surface area contributed by atoms with Crippen molar-refractivity contribution in [2.75, 3.05) is 49.1 Å². The predicted molar refractivity (Wildman–Crippen MR) is 107 cm³/mol. The summed E-state index contributed by atoms with van der Waals surface area (Å²) < 4.78 is 0. The zero-order valence-corrected chi connectivity index (χ0v) is 16.1. The molecule has 2 aliphatic rings. The van der Waals surface area contributed by atoms with Crippen molar-refractivity contribution in [3.05, 3.63) is 41.4 Å². The van der Waals surface area contributed by atoms with Crippen LogP contribution in [0.2, 0.25) is 0 Å². The third kappa shape index (κ3) is 3.70. The van der Waals surface area contributed by atoms with Gasteiger partial charge in [-0.15, -0.1) is 11.3 Å². The minimum absolute atomic E-state index is 0.0990. The van der Waals surface area contributed by atoms with E-state index in [4.69, 9.17) is 0 Å². The van der Waals surface area contributed by atoms with Crippen LogP contribution in [0.3, 0.4) is 0 Å². The molecule has 0 radical (unpaired) electrons. The Labute approximate surface area is 159 Å². The Morgan fingerprint density at radius 3 is 2.54 bits per heavy atom. The molecule has 2 aliphatic heterocycles. The summed E-state index contributed by atoms with van der Waals surface area (Å²) in [6.07, 6.45) is 2.32. The molecular weight excluding hydrogens is 344 g/mol. The fraction of sp³-hybridized carbons (Fsp3) is 0.500. The Bertz CT molecular complexity index is 739. The highest BCUT2D eigenvalue weighted by atomic mass is 32.1. The van der Waals surface area contributed by atoms with E-state index in [1.54, 1.807) is 11.3 Å². The molecule has 2 aromatic rings. The number of likely N-dealkylation sites (tertiary alicyclic amines) is 1. The van der Waals surface area contributed by atoms with Gasteiger partial charge in [0.15, 0.2) is 5.13 Å². The van der Waals surface area contributed by atoms with Crippen LogP contribution in [-0.2, 0) is 0 Å². The highest BCUT2D eigenvalue weighted by Gasteiger charge is 2.25. The fourth-order valence-electron chi connectivity index (χ4n) is 3.84. The van der Waals surface area contributed by atoms with Crippen molar-refractivity contribution in [2.24, 2.45) is 5.92 Å². The number of aromatic nitrogens is 1. The van der Waals surface area contributed by atoms with Crippen molar-refractivity contribution < 1.29 is 4.79 Å². The lowest BCUT2D eigenvalue weighted by molar-refractivity contribution is 0.0678. The summed E-state index contributed by atoms with van der Waals surface area (Å²) in [5.74, 6) is 0.693. The number of carbonyl (C=O) groups excluding carboxylic acids is 1. The molecule has 138 valence electrons. The van der Waals surface area contributed by atoms with E-state index in [1.165, 1.54) is 12.1 Å². The van der Waals surface area contributed by atoms with Gasteiger partial charge in [0, 0.05) is 50.3 Å². The van der Waals surface area contributed by atoms with Crippen LogP contribution in [0, 0.1) is 5.92 Å². The molecule has 1 aromatic carbocycles. The van der Waals surface area contributed by atoms with Gasteiger partial charge in [-0.2, -0.15) is 0 Å². The molecule has 6 heteroatoms. The van der Waals surface area contributed by atoms with Gasteiger partial charge in [0.25, 0.3) is 5.91 Å². The zero-order valence-electron chi connectivity index (χ0n) is 15.3. The first-order valence-corrected chi connectivity index (χ1v) is 10.4. The van der Waals surface area contributed by atoms with Crippen molar-refractivity contribution in [3.63, 3.8) is 0 Å². The minimum atomic E-state index is 0.0990. The van der Waals surface area contributed by atoms with E-state index in [2.05, 4.69) is 52.0 Å². The monoisotopic (exact) mass is 370 g/mol. The number of hydrogen-bond donors (Lipinski definition) is 0. The predicted octanol–water partition coefficient (Wildman–Crippen LogP) is 3.34. The molecule has 1 atom stereocenters. The summed E-state index contributed by atoms with van der Waals surface area (Å²) in [7, 11) is 0. The maximum atomic E-state index is 12.7. The van der Waals surface area contributed by atoms with Gasteiger partial charge in [-0.3, -0.25) is 4.79 Å². The third-order valence-corrected chi connectivity index (χ3v) is 6.23. The Kier molecular flexibility index (Phi) is 5.11. The lowest BCUT2D eigenvalue weighted by Gasteiger charge is -2.36. The van der Waals surface area contributed by atoms with E-state index in [1.807, 2.05) is 10.3 Å². The Morgan fingerprint density at radius 2 is 1.81 bits per heavy atom. The molecule has 2 fully saturated rings. The fourth-order valence-corrected chi connectivity index (χ4v) is 4.69. The first kappa shape index (κ1) is 17.3. The van der Waals surface area contributed by atoms with E-state index in [0.29, 0.717) is 11.6 Å². The maximum absolute atomic E-state index is 12.7. The zero-order chi connectivity index (χ0) is 17.9. The smallest absolute Gasteiger partial charge is 0.273 e. The largest absolute Gasteiger partial charge is 0.368 e. The molecule has 2 saturated heterocycles. The first-order valence-electron chi connectivity index (χ1n) is 9.50. The van der Waals surface area contributed by atoms with Gasteiger partial charge in [0.2, 0.25) is 0 Å². The molecule has 4 rings (SSSR count). The number of carbonyl (C=O) groups is 1. The van der Waals surface area contributed by atoms with Crippen molar-refractivity contribution in [1.29, 1.82) is 0 Å². The second-order valence-corrected chi connectivity index (χ2v) is 8.16. The summed E-state index contributed by atoms with van der Waals surface area (Å²) in [6, 6.07) is 10.5. The van der Waals surface area contributed by atoms with Crippen LogP contribution >= 0.6 is 11.3 Å². The number of piperidine rings is 1. The van der Waals surface area contributed by atoms with Crippen LogP contribution in [0.1, 0.15) is 30.3 Å². The average Bonchev–Trinajstić information content (AvgIpc) is 3.18. The minimum Gasteiger partial charge on any atom is -0.368 e. The van der Waals surface area contributed by atoms with Gasteiger partial charge in [0.1, 0.15) is 5.69 Å². The normalized spacial score (nSPS) is 21.1. The van der Waals surface area contributed by atoms with Crippen molar-refractivity contribution in [1.82, 2.24) is 9.88 Å². The van der Waals surface area contributed by atoms with E-state index < -0.39 is 0 Å². The number of amides is 1. The topological polar surface area (TPSA) is 39.7 Å². The summed E-state index contributed by atoms with van der Waals surface area (Å²) in [5.41, 5.74) is 1.89. The molecule has 1 aromatic heterocycles. The molecule has 0 N–H and O–H groups in total. The van der Waals surface area contributed by atoms with Gasteiger partial charge in [-0.1, -0.05) is 25.1 Å². The standard InChI is InChI=1S/C20H26N4OS/c1-16-6-5-9-24(14-16)19(25)18-15-26-20(21-18)23-12-10-22(11-13-23)17-7-3-2-4-8-17/h2-4,7-8,15-16H,5-6,9-14H2,1H3/t16-/m0/s1. The molecule has 0 aliphatic carbocycles. The van der Waals surface area contributed by atoms with Crippen LogP contribution in [0.5, 0.6) is 0 Å². The van der Waals surface area contributed by atoms with Gasteiger partial charge in [-0.05, 0) is 30.9 Å². The van der Waals surface area contributed by atoms with Gasteiger partial charge >= 0.3 is 0 Å². The van der Waals surface area contributed by atoms with Crippen LogP contribution < -0.4 is 9.80 Å². The van der Waals surface area contributed by atoms with Crippen LogP contribution in [-0.4, -0.2) is 55.1 Å². The number of nitrogens with zero attached hydrogens (tertiary/aromatic N) is 4. The summed E-state index contributed by atoms with van der Waals surface area (Å²) in [5, 5.41) is 2.91. The van der Waals surface area contributed by atoms with Gasteiger partial charge < -0.3 is 14.7 Å². The van der Waals surface area contributed by atoms with Crippen LogP contribution in [0.15, 0.2) is 35.7 Å². The molecule has 0 unspecified atom stereocenters. The van der Waals surface area contributed by atoms with Crippen molar-refractivity contribution >= 4 is 28.1 Å².